The van der Waals surface area contributed by atoms with Crippen molar-refractivity contribution in [2.75, 3.05) is 12.4 Å². The van der Waals surface area contributed by atoms with Crippen LogP contribution in [0.1, 0.15) is 5.56 Å². The second-order valence-electron chi connectivity index (χ2n) is 3.11. The van der Waals surface area contributed by atoms with Crippen LogP contribution in [-0.4, -0.2) is 19.4 Å². The predicted molar refractivity (Wildman–Crippen MR) is 50.2 cm³/mol. The molecule has 1 aromatic rings. The zero-order valence-corrected chi connectivity index (χ0v) is 7.41. The van der Waals surface area contributed by atoms with E-state index in [2.05, 4.69) is 5.32 Å². The van der Waals surface area contributed by atoms with Gasteiger partial charge >= 0.3 is 0 Å². The maximum atomic E-state index is 10.5. The number of hydrogen-bond donors (Lipinski definition) is 1. The molecule has 1 aliphatic rings. The highest BCUT2D eigenvalue weighted by molar-refractivity contribution is 5.72. The molecule has 1 N–H and O–H groups in total. The third-order valence-corrected chi connectivity index (χ3v) is 2.26. The van der Waals surface area contributed by atoms with Gasteiger partial charge in [-0.3, -0.25) is 0 Å². The first-order valence-electron chi connectivity index (χ1n) is 4.22. The van der Waals surface area contributed by atoms with Crippen LogP contribution in [0.5, 0.6) is 5.75 Å². The summed E-state index contributed by atoms with van der Waals surface area (Å²) in [7, 11) is 1.64. The number of hydrogen-bond acceptors (Lipinski definition) is 3. The summed E-state index contributed by atoms with van der Waals surface area (Å²) in [6.45, 7) is 0. The van der Waals surface area contributed by atoms with Gasteiger partial charge in [-0.1, -0.05) is 0 Å². The molecule has 0 saturated carbocycles. The van der Waals surface area contributed by atoms with E-state index in [9.17, 15) is 4.79 Å². The molecule has 0 aromatic heterocycles. The monoisotopic (exact) mass is 177 g/mol. The maximum absolute atomic E-state index is 10.5. The SMILES string of the molecule is COc1ccc2c(c1)CC(C=O)N2. The van der Waals surface area contributed by atoms with Crippen molar-refractivity contribution in [2.45, 2.75) is 12.5 Å². The van der Waals surface area contributed by atoms with Crippen molar-refractivity contribution in [1.29, 1.82) is 0 Å². The molecule has 3 heteroatoms. The summed E-state index contributed by atoms with van der Waals surface area (Å²) in [5.41, 5.74) is 2.19. The summed E-state index contributed by atoms with van der Waals surface area (Å²) in [4.78, 5) is 10.5. The van der Waals surface area contributed by atoms with Crippen LogP contribution in [0.15, 0.2) is 18.2 Å². The van der Waals surface area contributed by atoms with Crippen molar-refractivity contribution in [1.82, 2.24) is 0 Å². The summed E-state index contributed by atoms with van der Waals surface area (Å²) < 4.78 is 5.09. The molecular formula is C10H11NO2. The molecule has 0 bridgehead atoms. The fourth-order valence-corrected chi connectivity index (χ4v) is 1.58. The van der Waals surface area contributed by atoms with Crippen molar-refractivity contribution >= 4 is 12.0 Å². The van der Waals surface area contributed by atoms with E-state index in [0.717, 1.165) is 29.7 Å². The molecule has 0 saturated heterocycles. The van der Waals surface area contributed by atoms with Gasteiger partial charge in [-0.2, -0.15) is 0 Å². The lowest BCUT2D eigenvalue weighted by Crippen LogP contribution is -2.15. The number of benzene rings is 1. The Morgan fingerprint density at radius 3 is 3.15 bits per heavy atom. The van der Waals surface area contributed by atoms with E-state index >= 15 is 0 Å². The lowest BCUT2D eigenvalue weighted by Gasteiger charge is -2.02. The number of carbonyl (C=O) groups excluding carboxylic acids is 1. The quantitative estimate of drug-likeness (QED) is 0.690. The lowest BCUT2D eigenvalue weighted by molar-refractivity contribution is -0.108. The normalized spacial score (nSPS) is 19.0. The number of rotatable bonds is 2. The van der Waals surface area contributed by atoms with Crippen molar-refractivity contribution in [3.63, 3.8) is 0 Å². The molecule has 68 valence electrons. The summed E-state index contributed by atoms with van der Waals surface area (Å²) in [5.74, 6) is 0.840. The molecule has 1 aliphatic heterocycles. The van der Waals surface area contributed by atoms with E-state index in [1.165, 1.54) is 0 Å². The molecule has 0 spiro atoms. The predicted octanol–water partition coefficient (Wildman–Crippen LogP) is 1.23. The number of nitrogens with one attached hydrogen (secondary N) is 1. The molecule has 0 aliphatic carbocycles. The zero-order chi connectivity index (χ0) is 9.26. The molecule has 13 heavy (non-hydrogen) atoms. The fraction of sp³-hybridized carbons (Fsp3) is 0.300. The number of anilines is 1. The van der Waals surface area contributed by atoms with Gasteiger partial charge in [-0.05, 0) is 23.8 Å². The highest BCUT2D eigenvalue weighted by atomic mass is 16.5. The minimum Gasteiger partial charge on any atom is -0.497 e. The molecule has 1 heterocycles. The third kappa shape index (κ3) is 1.37. The zero-order valence-electron chi connectivity index (χ0n) is 7.41. The highest BCUT2D eigenvalue weighted by Gasteiger charge is 2.19. The molecule has 0 amide bonds. The van der Waals surface area contributed by atoms with E-state index in [4.69, 9.17) is 4.74 Å². The molecule has 0 fully saturated rings. The molecular weight excluding hydrogens is 166 g/mol. The minimum absolute atomic E-state index is 0.0675. The van der Waals surface area contributed by atoms with Crippen LogP contribution in [0.3, 0.4) is 0 Å². The van der Waals surface area contributed by atoms with Gasteiger partial charge in [0, 0.05) is 12.1 Å². The second kappa shape index (κ2) is 3.09. The molecule has 2 rings (SSSR count). The van der Waals surface area contributed by atoms with Crippen LogP contribution in [0.25, 0.3) is 0 Å². The van der Waals surface area contributed by atoms with Gasteiger partial charge in [0.1, 0.15) is 12.0 Å². The largest absolute Gasteiger partial charge is 0.497 e. The Kier molecular flexibility index (Phi) is 1.93. The Hall–Kier alpha value is -1.51. The number of fused-ring (bicyclic) bond motifs is 1. The molecule has 1 unspecified atom stereocenters. The minimum atomic E-state index is -0.0675. The van der Waals surface area contributed by atoms with Crippen LogP contribution in [-0.2, 0) is 11.2 Å². The average molecular weight is 177 g/mol. The van der Waals surface area contributed by atoms with Gasteiger partial charge in [0.2, 0.25) is 0 Å². The van der Waals surface area contributed by atoms with E-state index in [-0.39, 0.29) is 6.04 Å². The molecule has 3 nitrogen and oxygen atoms in total. The van der Waals surface area contributed by atoms with Crippen molar-refractivity contribution in [2.24, 2.45) is 0 Å². The van der Waals surface area contributed by atoms with Crippen LogP contribution >= 0.6 is 0 Å². The van der Waals surface area contributed by atoms with Gasteiger partial charge < -0.3 is 14.8 Å². The van der Waals surface area contributed by atoms with Crippen molar-refractivity contribution in [3.8, 4) is 5.75 Å². The van der Waals surface area contributed by atoms with E-state index < -0.39 is 0 Å². The fourth-order valence-electron chi connectivity index (χ4n) is 1.58. The average Bonchev–Trinajstić information content (AvgIpc) is 2.58. The Morgan fingerprint density at radius 2 is 2.46 bits per heavy atom. The van der Waals surface area contributed by atoms with Gasteiger partial charge in [0.15, 0.2) is 0 Å². The van der Waals surface area contributed by atoms with Crippen molar-refractivity contribution in [3.05, 3.63) is 23.8 Å². The standard InChI is InChI=1S/C10H11NO2/c1-13-9-2-3-10-7(5-9)4-8(6-12)11-10/h2-3,5-6,8,11H,4H2,1H3. The van der Waals surface area contributed by atoms with Crippen molar-refractivity contribution < 1.29 is 9.53 Å². The Labute approximate surface area is 76.7 Å². The Bertz CT molecular complexity index is 336. The van der Waals surface area contributed by atoms with Crippen LogP contribution in [0, 0.1) is 0 Å². The number of methoxy groups -OCH3 is 1. The topological polar surface area (TPSA) is 38.3 Å². The summed E-state index contributed by atoms with van der Waals surface area (Å²) in [5, 5.41) is 3.11. The van der Waals surface area contributed by atoms with Gasteiger partial charge in [0.25, 0.3) is 0 Å². The van der Waals surface area contributed by atoms with Crippen LogP contribution in [0.2, 0.25) is 0 Å². The summed E-state index contributed by atoms with van der Waals surface area (Å²) >= 11 is 0. The first-order chi connectivity index (χ1) is 6.33. The summed E-state index contributed by atoms with van der Waals surface area (Å²) in [6.07, 6.45) is 1.70. The second-order valence-corrected chi connectivity index (χ2v) is 3.11. The Balaban J connectivity index is 2.30. The molecule has 1 atom stereocenters. The lowest BCUT2D eigenvalue weighted by atomic mass is 10.1. The summed E-state index contributed by atoms with van der Waals surface area (Å²) in [6, 6.07) is 5.73. The maximum Gasteiger partial charge on any atom is 0.142 e. The molecule has 0 radical (unpaired) electrons. The van der Waals surface area contributed by atoms with Gasteiger partial charge in [-0.25, -0.2) is 0 Å². The number of ether oxygens (including phenoxy) is 1. The number of carbonyl (C=O) groups is 1. The number of aldehydes is 1. The smallest absolute Gasteiger partial charge is 0.142 e. The van der Waals surface area contributed by atoms with E-state index in [1.54, 1.807) is 7.11 Å². The first-order valence-corrected chi connectivity index (χ1v) is 4.22. The van der Waals surface area contributed by atoms with Crippen LogP contribution in [0.4, 0.5) is 5.69 Å². The first kappa shape index (κ1) is 8.10. The third-order valence-electron chi connectivity index (χ3n) is 2.26. The van der Waals surface area contributed by atoms with Gasteiger partial charge in [0.05, 0.1) is 13.2 Å². The molecule has 1 aromatic carbocycles. The Morgan fingerprint density at radius 1 is 1.62 bits per heavy atom. The van der Waals surface area contributed by atoms with E-state index in [1.807, 2.05) is 18.2 Å². The highest BCUT2D eigenvalue weighted by Crippen LogP contribution is 2.28. The van der Waals surface area contributed by atoms with Crippen LogP contribution < -0.4 is 10.1 Å². The van der Waals surface area contributed by atoms with E-state index in [0.29, 0.717) is 0 Å². The van der Waals surface area contributed by atoms with Gasteiger partial charge in [-0.15, -0.1) is 0 Å².